The predicted octanol–water partition coefficient (Wildman–Crippen LogP) is 1.42. The van der Waals surface area contributed by atoms with Gasteiger partial charge in [0, 0.05) is 0 Å². The van der Waals surface area contributed by atoms with Crippen molar-refractivity contribution in [3.05, 3.63) is 0 Å². The quantitative estimate of drug-likeness (QED) is 0.324. The predicted molar refractivity (Wildman–Crippen MR) is 61.8 cm³/mol. The molecule has 0 aliphatic carbocycles. The summed E-state index contributed by atoms with van der Waals surface area (Å²) in [6, 6.07) is 0. The van der Waals surface area contributed by atoms with Crippen LogP contribution in [0.1, 0.15) is 0 Å². The summed E-state index contributed by atoms with van der Waals surface area (Å²) < 4.78 is 66.4. The third kappa shape index (κ3) is 7.58. The molecule has 14 heteroatoms. The highest BCUT2D eigenvalue weighted by Crippen LogP contribution is 2.47. The summed E-state index contributed by atoms with van der Waals surface area (Å²) in [5.41, 5.74) is 0. The molecule has 0 aromatic carbocycles. The van der Waals surface area contributed by atoms with Crippen molar-refractivity contribution in [2.45, 2.75) is 12.5 Å². The number of hydrogen-bond donors (Lipinski definition) is 0. The van der Waals surface area contributed by atoms with Crippen LogP contribution < -0.4 is 0 Å². The van der Waals surface area contributed by atoms with Gasteiger partial charge >= 0.3 is 17.4 Å². The Morgan fingerprint density at radius 3 is 2.25 bits per heavy atom. The first-order chi connectivity index (χ1) is 9.30. The molecule has 2 aliphatic rings. The van der Waals surface area contributed by atoms with E-state index >= 15 is 0 Å². The lowest BCUT2D eigenvalue weighted by Gasteiger charge is -2.04. The molecule has 0 N–H and O–H groups in total. The van der Waals surface area contributed by atoms with Gasteiger partial charge in [-0.2, -0.15) is 21.8 Å². The molecule has 2 fully saturated rings. The highest BCUT2D eigenvalue weighted by molar-refractivity contribution is 7.86. The molecule has 4 unspecified atom stereocenters. The van der Waals surface area contributed by atoms with Gasteiger partial charge in [-0.05, 0) is 0 Å². The number of aliphatic imine (C=N–C) groups is 1. The summed E-state index contributed by atoms with van der Waals surface area (Å²) >= 11 is 0. The van der Waals surface area contributed by atoms with Gasteiger partial charge in [0.1, 0.15) is 13.2 Å². The summed E-state index contributed by atoms with van der Waals surface area (Å²) in [7, 11) is -8.33. The molecule has 0 radical (unpaired) electrons. The first-order valence-corrected chi connectivity index (χ1v) is 8.72. The van der Waals surface area contributed by atoms with Crippen LogP contribution in [-0.2, 0) is 37.2 Å². The number of halogens is 2. The van der Waals surface area contributed by atoms with E-state index in [0.29, 0.717) is 0 Å². The second-order valence-electron chi connectivity index (χ2n) is 3.13. The van der Waals surface area contributed by atoms with Crippen molar-refractivity contribution in [3.8, 4) is 0 Å². The second-order valence-corrected chi connectivity index (χ2v) is 6.52. The van der Waals surface area contributed by atoms with Gasteiger partial charge in [0.25, 0.3) is 10.1 Å². The molecule has 2 saturated heterocycles. The fourth-order valence-electron chi connectivity index (χ4n) is 0.912. The maximum absolute atomic E-state index is 12.1. The maximum atomic E-state index is 12.1. The number of nitrogens with zero attached hydrogens (tertiary/aromatic N) is 1. The van der Waals surface area contributed by atoms with Crippen LogP contribution in [0.15, 0.2) is 4.99 Å². The number of rotatable bonds is 3. The minimum Gasteiger partial charge on any atom is -0.304 e. The SMILES string of the molecule is CS(=O)(=O)OC1COP(F)O1.O=C=NC1COP(F)O1. The first kappa shape index (κ1) is 17.9. The van der Waals surface area contributed by atoms with E-state index in [1.807, 2.05) is 0 Å². The number of isocyanates is 1. The lowest BCUT2D eigenvalue weighted by molar-refractivity contribution is 0.0318. The highest BCUT2D eigenvalue weighted by Gasteiger charge is 2.30. The van der Waals surface area contributed by atoms with Gasteiger partial charge in [0.15, 0.2) is 6.23 Å². The van der Waals surface area contributed by atoms with Gasteiger partial charge < -0.3 is 9.05 Å². The van der Waals surface area contributed by atoms with E-state index in [0.717, 1.165) is 6.26 Å². The molecule has 0 amide bonds. The number of hydrogen-bond acceptors (Lipinski definition) is 9. The van der Waals surface area contributed by atoms with E-state index in [1.165, 1.54) is 6.08 Å². The Labute approximate surface area is 115 Å². The molecular formula is C6H9F2NO8P2S. The highest BCUT2D eigenvalue weighted by atomic mass is 32.2. The summed E-state index contributed by atoms with van der Waals surface area (Å²) in [5, 5.41) is 0. The third-order valence-electron chi connectivity index (χ3n) is 1.51. The molecule has 116 valence electrons. The minimum atomic E-state index is -3.59. The molecule has 2 heterocycles. The Bertz CT molecular complexity index is 460. The average Bonchev–Trinajstić information content (AvgIpc) is 2.87. The second kappa shape index (κ2) is 8.33. The number of carbonyl (C=O) groups excluding carboxylic acids is 1. The molecule has 0 spiro atoms. The molecule has 0 bridgehead atoms. The van der Waals surface area contributed by atoms with Crippen molar-refractivity contribution in [1.29, 1.82) is 0 Å². The normalized spacial score (nSPS) is 33.1. The Balaban J connectivity index is 0.000000204. The molecule has 4 atom stereocenters. The first-order valence-electron chi connectivity index (χ1n) is 4.76. The van der Waals surface area contributed by atoms with Crippen molar-refractivity contribution >= 4 is 33.6 Å². The van der Waals surface area contributed by atoms with Crippen LogP contribution in [0.2, 0.25) is 0 Å². The van der Waals surface area contributed by atoms with E-state index in [9.17, 15) is 21.6 Å². The van der Waals surface area contributed by atoms with Crippen molar-refractivity contribution in [1.82, 2.24) is 0 Å². The van der Waals surface area contributed by atoms with Crippen molar-refractivity contribution in [3.63, 3.8) is 0 Å². The van der Waals surface area contributed by atoms with Gasteiger partial charge in [-0.3, -0.25) is 9.05 Å². The summed E-state index contributed by atoms with van der Waals surface area (Å²) in [5.74, 6) is 0. The van der Waals surface area contributed by atoms with Gasteiger partial charge in [-0.25, -0.2) is 8.98 Å². The van der Waals surface area contributed by atoms with E-state index in [1.54, 1.807) is 0 Å². The topological polar surface area (TPSA) is 110 Å². The molecule has 2 aliphatic heterocycles. The van der Waals surface area contributed by atoms with Gasteiger partial charge in [-0.1, -0.05) is 0 Å². The maximum Gasteiger partial charge on any atom is 0.377 e. The Morgan fingerprint density at radius 2 is 1.85 bits per heavy atom. The van der Waals surface area contributed by atoms with Crippen LogP contribution in [0.4, 0.5) is 8.39 Å². The van der Waals surface area contributed by atoms with Gasteiger partial charge in [0.05, 0.1) is 6.26 Å². The third-order valence-corrected chi connectivity index (χ3v) is 3.59. The monoisotopic (exact) mass is 355 g/mol. The van der Waals surface area contributed by atoms with E-state index < -0.39 is 40.0 Å². The minimum absolute atomic E-state index is 0.0114. The van der Waals surface area contributed by atoms with Gasteiger partial charge in [-0.15, -0.1) is 0 Å². The standard InChI is InChI=1S/C3H3FNO3P.C3H6FO5PS/c4-9-7-1-3(8-9)5-2-6;1-11(5,6)9-3-2-7-10(4)8-3/h3H,1H2;3H,2H2,1H3. The fraction of sp³-hybridized carbons (Fsp3) is 0.833. The lowest BCUT2D eigenvalue weighted by atomic mass is 10.6. The van der Waals surface area contributed by atoms with Crippen molar-refractivity contribution in [2.75, 3.05) is 19.5 Å². The Hall–Kier alpha value is -0.150. The zero-order chi connectivity index (χ0) is 15.2. The van der Waals surface area contributed by atoms with Crippen molar-refractivity contribution in [2.24, 2.45) is 4.99 Å². The molecule has 0 aromatic rings. The van der Waals surface area contributed by atoms with Crippen LogP contribution in [-0.4, -0.2) is 46.5 Å². The van der Waals surface area contributed by atoms with E-state index in [2.05, 4.69) is 27.3 Å². The molecule has 2 rings (SSSR count). The zero-order valence-corrected chi connectivity index (χ0v) is 12.4. The van der Waals surface area contributed by atoms with E-state index in [4.69, 9.17) is 0 Å². The van der Waals surface area contributed by atoms with Crippen LogP contribution in [0.3, 0.4) is 0 Å². The van der Waals surface area contributed by atoms with Crippen LogP contribution in [0, 0.1) is 0 Å². The van der Waals surface area contributed by atoms with Crippen LogP contribution in [0.5, 0.6) is 0 Å². The lowest BCUT2D eigenvalue weighted by Crippen LogP contribution is -2.18. The molecule has 9 nitrogen and oxygen atoms in total. The van der Waals surface area contributed by atoms with E-state index in [-0.39, 0.29) is 13.2 Å². The Kier molecular flexibility index (Phi) is 7.46. The molecule has 20 heavy (non-hydrogen) atoms. The van der Waals surface area contributed by atoms with Crippen LogP contribution in [0.25, 0.3) is 0 Å². The van der Waals surface area contributed by atoms with Crippen LogP contribution >= 0.6 is 17.4 Å². The fourth-order valence-corrected chi connectivity index (χ4v) is 2.65. The smallest absolute Gasteiger partial charge is 0.304 e. The zero-order valence-electron chi connectivity index (χ0n) is 9.84. The summed E-state index contributed by atoms with van der Waals surface area (Å²) in [4.78, 5) is 12.6. The largest absolute Gasteiger partial charge is 0.377 e. The molecule has 0 aromatic heterocycles. The summed E-state index contributed by atoms with van der Waals surface area (Å²) in [6.45, 7) is -0.174. The summed E-state index contributed by atoms with van der Waals surface area (Å²) in [6.07, 6.45) is 0.197. The molecular weight excluding hydrogens is 346 g/mol. The molecule has 0 saturated carbocycles. The van der Waals surface area contributed by atoms with Crippen molar-refractivity contribution < 1.29 is 43.9 Å². The van der Waals surface area contributed by atoms with Gasteiger partial charge in [0.2, 0.25) is 12.4 Å². The average molecular weight is 355 g/mol. The Morgan fingerprint density at radius 1 is 1.25 bits per heavy atom.